The summed E-state index contributed by atoms with van der Waals surface area (Å²) >= 11 is 1.44. The van der Waals surface area contributed by atoms with E-state index in [4.69, 9.17) is 4.74 Å². The molecule has 6 nitrogen and oxygen atoms in total. The van der Waals surface area contributed by atoms with Gasteiger partial charge < -0.3 is 20.1 Å². The monoisotopic (exact) mass is 410 g/mol. The van der Waals surface area contributed by atoms with Crippen molar-refractivity contribution in [1.29, 1.82) is 0 Å². The van der Waals surface area contributed by atoms with Gasteiger partial charge in [-0.05, 0) is 38.3 Å². The molecule has 1 fully saturated rings. The van der Waals surface area contributed by atoms with Gasteiger partial charge in [0.1, 0.15) is 0 Å². The number of unbranched alkanes of at least 4 members (excludes halogenated alkanes) is 2. The molecule has 0 saturated carbocycles. The summed E-state index contributed by atoms with van der Waals surface area (Å²) in [5.41, 5.74) is 0. The zero-order valence-electron chi connectivity index (χ0n) is 17.1. The van der Waals surface area contributed by atoms with E-state index in [2.05, 4.69) is 12.2 Å². The van der Waals surface area contributed by atoms with Gasteiger partial charge in [0.25, 0.3) is 5.91 Å². The average molecular weight is 411 g/mol. The second-order valence-electron chi connectivity index (χ2n) is 7.36. The Hall–Kier alpha value is -1.44. The maximum atomic E-state index is 12.2. The molecule has 1 aliphatic rings. The highest BCUT2D eigenvalue weighted by Gasteiger charge is 2.31. The van der Waals surface area contributed by atoms with Crippen molar-refractivity contribution < 1.29 is 19.4 Å². The van der Waals surface area contributed by atoms with Crippen molar-refractivity contribution in [3.8, 4) is 0 Å². The maximum Gasteiger partial charge on any atom is 0.261 e. The SMILES string of the molecule is CCCCC[C@H](O)CCN1C(=O)CC[C@@H]1COCc1ccc(C(=O)NCC)s1. The van der Waals surface area contributed by atoms with E-state index in [1.807, 2.05) is 24.0 Å². The fourth-order valence-corrected chi connectivity index (χ4v) is 4.32. The normalized spacial score (nSPS) is 17.9. The van der Waals surface area contributed by atoms with Crippen LogP contribution >= 0.6 is 11.3 Å². The molecule has 7 heteroatoms. The first-order valence-corrected chi connectivity index (χ1v) is 11.3. The number of likely N-dealkylation sites (tertiary alicyclic amines) is 1. The fraction of sp³-hybridized carbons (Fsp3) is 0.714. The second kappa shape index (κ2) is 12.2. The third kappa shape index (κ3) is 7.18. The number of nitrogens with zero attached hydrogens (tertiary/aromatic N) is 1. The van der Waals surface area contributed by atoms with Crippen LogP contribution in [0.1, 0.15) is 73.3 Å². The number of rotatable bonds is 13. The van der Waals surface area contributed by atoms with Crippen LogP contribution in [0.3, 0.4) is 0 Å². The molecule has 0 aromatic carbocycles. The minimum absolute atomic E-state index is 0.0520. The Morgan fingerprint density at radius 2 is 2.18 bits per heavy atom. The summed E-state index contributed by atoms with van der Waals surface area (Å²) in [7, 11) is 0. The standard InChI is InChI=1S/C21H34N2O4S/c1-3-5-6-7-17(24)12-13-23-16(8-11-20(23)25)14-27-15-18-9-10-19(28-18)21(26)22-4-2/h9-10,16-17,24H,3-8,11-15H2,1-2H3,(H,22,26)/t16-,17+/m1/s1. The molecule has 1 aromatic heterocycles. The van der Waals surface area contributed by atoms with Gasteiger partial charge in [-0.15, -0.1) is 11.3 Å². The molecule has 1 saturated heterocycles. The Morgan fingerprint density at radius 1 is 1.36 bits per heavy atom. The van der Waals surface area contributed by atoms with Gasteiger partial charge >= 0.3 is 0 Å². The fourth-order valence-electron chi connectivity index (χ4n) is 3.46. The molecule has 2 N–H and O–H groups in total. The van der Waals surface area contributed by atoms with Gasteiger partial charge in [-0.1, -0.05) is 26.2 Å². The van der Waals surface area contributed by atoms with Crippen LogP contribution in [-0.2, 0) is 16.1 Å². The lowest BCUT2D eigenvalue weighted by atomic mass is 10.1. The van der Waals surface area contributed by atoms with Crippen molar-refractivity contribution in [2.24, 2.45) is 0 Å². The van der Waals surface area contributed by atoms with E-state index in [1.54, 1.807) is 0 Å². The molecule has 2 atom stereocenters. The third-order valence-corrected chi connectivity index (χ3v) is 6.13. The molecule has 28 heavy (non-hydrogen) atoms. The van der Waals surface area contributed by atoms with Crippen LogP contribution in [0.5, 0.6) is 0 Å². The molecule has 1 aliphatic heterocycles. The minimum Gasteiger partial charge on any atom is -0.393 e. The summed E-state index contributed by atoms with van der Waals surface area (Å²) in [5, 5.41) is 12.9. The highest BCUT2D eigenvalue weighted by molar-refractivity contribution is 7.14. The number of amides is 2. The minimum atomic E-state index is -0.333. The van der Waals surface area contributed by atoms with Gasteiger partial charge in [-0.25, -0.2) is 0 Å². The van der Waals surface area contributed by atoms with Crippen LogP contribution in [0.2, 0.25) is 0 Å². The molecule has 0 unspecified atom stereocenters. The van der Waals surface area contributed by atoms with Crippen LogP contribution in [0, 0.1) is 0 Å². The number of thiophene rings is 1. The van der Waals surface area contributed by atoms with E-state index < -0.39 is 0 Å². The number of aliphatic hydroxyl groups is 1. The summed E-state index contributed by atoms with van der Waals surface area (Å²) in [4.78, 5) is 27.6. The van der Waals surface area contributed by atoms with Crippen molar-refractivity contribution in [2.45, 2.75) is 77.5 Å². The van der Waals surface area contributed by atoms with Crippen LogP contribution in [0.25, 0.3) is 0 Å². The molecule has 2 amide bonds. The van der Waals surface area contributed by atoms with E-state index in [-0.39, 0.29) is 24.0 Å². The lowest BCUT2D eigenvalue weighted by molar-refractivity contribution is -0.130. The summed E-state index contributed by atoms with van der Waals surface area (Å²) in [5.74, 6) is 0.104. The lowest BCUT2D eigenvalue weighted by Gasteiger charge is -2.25. The molecule has 2 heterocycles. The number of carbonyl (C=O) groups is 2. The van der Waals surface area contributed by atoms with E-state index in [0.29, 0.717) is 44.0 Å². The molecule has 0 spiro atoms. The van der Waals surface area contributed by atoms with E-state index in [1.165, 1.54) is 11.3 Å². The van der Waals surface area contributed by atoms with Crippen molar-refractivity contribution >= 4 is 23.2 Å². The Kier molecular flexibility index (Phi) is 9.95. The zero-order chi connectivity index (χ0) is 20.4. The van der Waals surface area contributed by atoms with Gasteiger partial charge in [0.15, 0.2) is 0 Å². The number of aliphatic hydroxyl groups excluding tert-OH is 1. The quantitative estimate of drug-likeness (QED) is 0.489. The first kappa shape index (κ1) is 22.8. The summed E-state index contributed by atoms with van der Waals surface area (Å²) in [6.07, 6.45) is 5.79. The molecule has 0 bridgehead atoms. The van der Waals surface area contributed by atoms with Crippen molar-refractivity contribution in [3.05, 3.63) is 21.9 Å². The predicted molar refractivity (Wildman–Crippen MR) is 111 cm³/mol. The van der Waals surface area contributed by atoms with Crippen LogP contribution in [0.15, 0.2) is 12.1 Å². The van der Waals surface area contributed by atoms with E-state index >= 15 is 0 Å². The number of hydrogen-bond acceptors (Lipinski definition) is 5. The highest BCUT2D eigenvalue weighted by Crippen LogP contribution is 2.22. The van der Waals surface area contributed by atoms with E-state index in [0.717, 1.165) is 37.0 Å². The Bertz CT molecular complexity index is 619. The molecular weight excluding hydrogens is 376 g/mol. The number of hydrogen-bond donors (Lipinski definition) is 2. The van der Waals surface area contributed by atoms with Crippen molar-refractivity contribution in [1.82, 2.24) is 10.2 Å². The van der Waals surface area contributed by atoms with Gasteiger partial charge in [0, 0.05) is 24.4 Å². The Morgan fingerprint density at radius 3 is 2.93 bits per heavy atom. The largest absolute Gasteiger partial charge is 0.393 e. The van der Waals surface area contributed by atoms with Gasteiger partial charge in [0.05, 0.1) is 30.2 Å². The molecule has 2 rings (SSSR count). The Balaban J connectivity index is 1.73. The predicted octanol–water partition coefficient (Wildman–Crippen LogP) is 3.34. The topological polar surface area (TPSA) is 78.9 Å². The molecule has 158 valence electrons. The average Bonchev–Trinajstić information content (AvgIpc) is 3.28. The third-order valence-electron chi connectivity index (χ3n) is 5.07. The summed E-state index contributed by atoms with van der Waals surface area (Å²) in [6.45, 7) is 6.20. The smallest absolute Gasteiger partial charge is 0.261 e. The molecular formula is C21H34N2O4S. The molecule has 0 aliphatic carbocycles. The second-order valence-corrected chi connectivity index (χ2v) is 8.53. The summed E-state index contributed by atoms with van der Waals surface area (Å²) < 4.78 is 5.84. The van der Waals surface area contributed by atoms with Crippen molar-refractivity contribution in [3.63, 3.8) is 0 Å². The van der Waals surface area contributed by atoms with Gasteiger partial charge in [0.2, 0.25) is 5.91 Å². The lowest BCUT2D eigenvalue weighted by Crippen LogP contribution is -2.38. The van der Waals surface area contributed by atoms with Gasteiger partial charge in [-0.2, -0.15) is 0 Å². The van der Waals surface area contributed by atoms with Gasteiger partial charge in [-0.3, -0.25) is 9.59 Å². The molecule has 1 aromatic rings. The van der Waals surface area contributed by atoms with Crippen LogP contribution < -0.4 is 5.32 Å². The van der Waals surface area contributed by atoms with Crippen LogP contribution in [0.4, 0.5) is 0 Å². The first-order valence-electron chi connectivity index (χ1n) is 10.5. The maximum absolute atomic E-state index is 12.2. The molecule has 0 radical (unpaired) electrons. The Labute approximate surface area is 172 Å². The zero-order valence-corrected chi connectivity index (χ0v) is 17.9. The summed E-state index contributed by atoms with van der Waals surface area (Å²) in [6, 6.07) is 3.82. The van der Waals surface area contributed by atoms with Crippen LogP contribution in [-0.4, -0.2) is 53.7 Å². The number of carbonyl (C=O) groups excluding carboxylic acids is 2. The first-order chi connectivity index (χ1) is 13.5. The highest BCUT2D eigenvalue weighted by atomic mass is 32.1. The van der Waals surface area contributed by atoms with E-state index in [9.17, 15) is 14.7 Å². The number of ether oxygens (including phenoxy) is 1. The van der Waals surface area contributed by atoms with Crippen molar-refractivity contribution in [2.75, 3.05) is 19.7 Å². The number of nitrogens with one attached hydrogen (secondary N) is 1.